The van der Waals surface area contributed by atoms with Gasteiger partial charge < -0.3 is 15.1 Å². The van der Waals surface area contributed by atoms with Crippen LogP contribution in [0.15, 0.2) is 94.9 Å². The second-order valence-corrected chi connectivity index (χ2v) is 7.68. The summed E-state index contributed by atoms with van der Waals surface area (Å²) in [5.74, 6) is -0.724. The van der Waals surface area contributed by atoms with Crippen molar-refractivity contribution in [1.82, 2.24) is 15.5 Å². The van der Waals surface area contributed by atoms with E-state index in [2.05, 4.69) is 10.6 Å². The van der Waals surface area contributed by atoms with E-state index in [4.69, 9.17) is 4.42 Å². The highest BCUT2D eigenvalue weighted by molar-refractivity contribution is 6.12. The van der Waals surface area contributed by atoms with Gasteiger partial charge in [-0.2, -0.15) is 0 Å². The number of furan rings is 1. The van der Waals surface area contributed by atoms with Crippen LogP contribution >= 0.6 is 0 Å². The Labute approximate surface area is 184 Å². The lowest BCUT2D eigenvalue weighted by molar-refractivity contribution is -0.132. The lowest BCUT2D eigenvalue weighted by Crippen LogP contribution is -2.55. The van der Waals surface area contributed by atoms with E-state index in [1.54, 1.807) is 65.6 Å². The molecule has 32 heavy (non-hydrogen) atoms. The van der Waals surface area contributed by atoms with Crippen LogP contribution in [0.5, 0.6) is 0 Å². The van der Waals surface area contributed by atoms with Gasteiger partial charge in [-0.3, -0.25) is 19.3 Å². The standard InChI is InChI=1S/C25H21N3O4/c29-22(16-8-3-1-4-9-16)20-19(18-12-7-15-32-18)21(25(31)28-14-13-26-23(20)28)27-24(30)17-10-5-2-6-11-17/h1-12,15,19,21,26H,13-14H2,(H,27,30). The molecule has 2 aliphatic rings. The molecule has 2 N–H and O–H groups in total. The fourth-order valence-electron chi connectivity index (χ4n) is 4.31. The molecule has 0 bridgehead atoms. The summed E-state index contributed by atoms with van der Waals surface area (Å²) in [4.78, 5) is 41.7. The van der Waals surface area contributed by atoms with Crippen LogP contribution in [0.1, 0.15) is 32.4 Å². The molecule has 2 amide bonds. The molecule has 1 fully saturated rings. The summed E-state index contributed by atoms with van der Waals surface area (Å²) in [5, 5.41) is 6.06. The Morgan fingerprint density at radius 1 is 0.938 bits per heavy atom. The molecule has 2 aliphatic heterocycles. The molecule has 3 aromatic rings. The zero-order valence-electron chi connectivity index (χ0n) is 17.2. The smallest absolute Gasteiger partial charge is 0.251 e. The molecule has 0 spiro atoms. The molecule has 1 aromatic heterocycles. The summed E-state index contributed by atoms with van der Waals surface area (Å²) in [6.07, 6.45) is 1.50. The van der Waals surface area contributed by atoms with Gasteiger partial charge in [0.1, 0.15) is 17.6 Å². The van der Waals surface area contributed by atoms with Crippen LogP contribution in [-0.4, -0.2) is 41.6 Å². The van der Waals surface area contributed by atoms with Crippen LogP contribution in [0.25, 0.3) is 0 Å². The Balaban J connectivity index is 1.62. The van der Waals surface area contributed by atoms with Gasteiger partial charge in [-0.25, -0.2) is 0 Å². The minimum atomic E-state index is -0.986. The van der Waals surface area contributed by atoms with Crippen LogP contribution in [-0.2, 0) is 4.79 Å². The predicted molar refractivity (Wildman–Crippen MR) is 117 cm³/mol. The van der Waals surface area contributed by atoms with E-state index in [0.29, 0.717) is 41.4 Å². The highest BCUT2D eigenvalue weighted by atomic mass is 16.3. The van der Waals surface area contributed by atoms with E-state index in [-0.39, 0.29) is 17.6 Å². The third-order valence-electron chi connectivity index (χ3n) is 5.78. The van der Waals surface area contributed by atoms with Crippen LogP contribution in [0.3, 0.4) is 0 Å². The van der Waals surface area contributed by atoms with Crippen LogP contribution < -0.4 is 10.6 Å². The van der Waals surface area contributed by atoms with E-state index in [9.17, 15) is 14.4 Å². The topological polar surface area (TPSA) is 91.7 Å². The molecule has 7 heteroatoms. The van der Waals surface area contributed by atoms with Gasteiger partial charge in [0.05, 0.1) is 17.8 Å². The number of rotatable bonds is 5. The average Bonchev–Trinajstić information content (AvgIpc) is 3.54. The van der Waals surface area contributed by atoms with E-state index in [1.165, 1.54) is 6.26 Å². The number of Topliss-reactive ketones (excluding diaryl/α,β-unsaturated/α-hetero) is 1. The highest BCUT2D eigenvalue weighted by Crippen LogP contribution is 2.39. The van der Waals surface area contributed by atoms with Crippen molar-refractivity contribution in [1.29, 1.82) is 0 Å². The molecule has 0 radical (unpaired) electrons. The number of amides is 2. The zero-order chi connectivity index (χ0) is 22.1. The largest absolute Gasteiger partial charge is 0.469 e. The van der Waals surface area contributed by atoms with Gasteiger partial charge >= 0.3 is 0 Å². The lowest BCUT2D eigenvalue weighted by atomic mass is 9.81. The van der Waals surface area contributed by atoms with E-state index >= 15 is 0 Å². The summed E-state index contributed by atoms with van der Waals surface area (Å²) in [6, 6.07) is 20.0. The van der Waals surface area contributed by atoms with E-state index in [0.717, 1.165) is 0 Å². The molecule has 160 valence electrons. The van der Waals surface area contributed by atoms with Crippen molar-refractivity contribution in [3.05, 3.63) is 107 Å². The van der Waals surface area contributed by atoms with Crippen LogP contribution in [0, 0.1) is 0 Å². The third-order valence-corrected chi connectivity index (χ3v) is 5.78. The summed E-state index contributed by atoms with van der Waals surface area (Å²) in [7, 11) is 0. The molecule has 7 nitrogen and oxygen atoms in total. The van der Waals surface area contributed by atoms with Crippen LogP contribution in [0.4, 0.5) is 0 Å². The third kappa shape index (κ3) is 3.37. The maximum atomic E-state index is 13.7. The van der Waals surface area contributed by atoms with Crippen molar-refractivity contribution in [2.24, 2.45) is 0 Å². The Kier molecular flexibility index (Phi) is 5.07. The van der Waals surface area contributed by atoms with Crippen LogP contribution in [0.2, 0.25) is 0 Å². The quantitative estimate of drug-likeness (QED) is 0.611. The van der Waals surface area contributed by atoms with Gasteiger partial charge in [-0.05, 0) is 24.3 Å². The van der Waals surface area contributed by atoms with Gasteiger partial charge in [-0.1, -0.05) is 48.5 Å². The number of hydrogen-bond donors (Lipinski definition) is 2. The minimum absolute atomic E-state index is 0.215. The molecule has 3 heterocycles. The van der Waals surface area contributed by atoms with Crippen molar-refractivity contribution in [2.75, 3.05) is 13.1 Å². The summed E-state index contributed by atoms with van der Waals surface area (Å²) >= 11 is 0. The summed E-state index contributed by atoms with van der Waals surface area (Å²) < 4.78 is 5.67. The van der Waals surface area contributed by atoms with Gasteiger partial charge in [0.2, 0.25) is 0 Å². The van der Waals surface area contributed by atoms with Crippen molar-refractivity contribution in [3.8, 4) is 0 Å². The average molecular weight is 427 g/mol. The molecular weight excluding hydrogens is 406 g/mol. The first kappa shape index (κ1) is 19.8. The molecule has 0 aliphatic carbocycles. The molecule has 5 rings (SSSR count). The lowest BCUT2D eigenvalue weighted by Gasteiger charge is -2.36. The Bertz CT molecular complexity index is 1190. The van der Waals surface area contributed by atoms with Crippen molar-refractivity contribution >= 4 is 17.6 Å². The number of carbonyl (C=O) groups is 3. The first-order valence-electron chi connectivity index (χ1n) is 10.4. The fraction of sp³-hybridized carbons (Fsp3) is 0.160. The first-order valence-corrected chi connectivity index (χ1v) is 10.4. The molecule has 2 unspecified atom stereocenters. The number of hydrogen-bond acceptors (Lipinski definition) is 5. The molecule has 2 aromatic carbocycles. The van der Waals surface area contributed by atoms with Crippen molar-refractivity contribution < 1.29 is 18.8 Å². The van der Waals surface area contributed by atoms with Gasteiger partial charge in [0.15, 0.2) is 5.78 Å². The first-order chi connectivity index (χ1) is 15.6. The number of nitrogens with one attached hydrogen (secondary N) is 2. The van der Waals surface area contributed by atoms with Gasteiger partial charge in [-0.15, -0.1) is 0 Å². The Morgan fingerprint density at radius 2 is 1.62 bits per heavy atom. The van der Waals surface area contributed by atoms with Crippen molar-refractivity contribution in [3.63, 3.8) is 0 Å². The van der Waals surface area contributed by atoms with E-state index < -0.39 is 12.0 Å². The number of carbonyl (C=O) groups excluding carboxylic acids is 3. The van der Waals surface area contributed by atoms with Gasteiger partial charge in [0.25, 0.3) is 11.8 Å². The maximum absolute atomic E-state index is 13.7. The molecule has 0 saturated carbocycles. The summed E-state index contributed by atoms with van der Waals surface area (Å²) in [5.41, 5.74) is 1.34. The Hall–Kier alpha value is -4.13. The number of nitrogens with zero attached hydrogens (tertiary/aromatic N) is 1. The maximum Gasteiger partial charge on any atom is 0.251 e. The number of benzene rings is 2. The number of ketones is 1. The molecular formula is C25H21N3O4. The Morgan fingerprint density at radius 3 is 2.28 bits per heavy atom. The molecule has 1 saturated heterocycles. The monoisotopic (exact) mass is 427 g/mol. The SMILES string of the molecule is O=C(NC1C(=O)N2CCNC2=C(C(=O)c2ccccc2)C1c1ccco1)c1ccccc1. The summed E-state index contributed by atoms with van der Waals surface area (Å²) in [6.45, 7) is 0.944. The highest BCUT2D eigenvalue weighted by Gasteiger charge is 2.48. The fourth-order valence-corrected chi connectivity index (χ4v) is 4.31. The predicted octanol–water partition coefficient (Wildman–Crippen LogP) is 2.70. The normalized spacial score (nSPS) is 20.0. The molecule has 2 atom stereocenters. The number of fused-ring (bicyclic) bond motifs is 1. The minimum Gasteiger partial charge on any atom is -0.469 e. The zero-order valence-corrected chi connectivity index (χ0v) is 17.2. The second-order valence-electron chi connectivity index (χ2n) is 7.68. The second kappa shape index (κ2) is 8.19. The van der Waals surface area contributed by atoms with Crippen molar-refractivity contribution in [2.45, 2.75) is 12.0 Å². The van der Waals surface area contributed by atoms with Gasteiger partial charge in [0, 0.05) is 24.2 Å². The van der Waals surface area contributed by atoms with E-state index in [1.807, 2.05) is 12.1 Å².